The summed E-state index contributed by atoms with van der Waals surface area (Å²) >= 11 is 0. The Kier molecular flexibility index (Phi) is 5.47. The molecule has 1 aliphatic rings. The standard InChI is InChI=1S/C15H24N4O/c1-3-19-8-4-13(5-9-19)12-18(2)15(20)10-14-11-16-6-7-17-14/h6-7,11,13H,3-5,8-10,12H2,1-2H3. The third-order valence-electron chi connectivity index (χ3n) is 4.06. The molecule has 2 heterocycles. The van der Waals surface area contributed by atoms with Crippen molar-refractivity contribution in [2.45, 2.75) is 26.2 Å². The summed E-state index contributed by atoms with van der Waals surface area (Å²) in [6.07, 6.45) is 7.64. The van der Waals surface area contributed by atoms with Gasteiger partial charge in [0.15, 0.2) is 0 Å². The molecule has 0 atom stereocenters. The van der Waals surface area contributed by atoms with Crippen LogP contribution in [0.3, 0.4) is 0 Å². The molecular weight excluding hydrogens is 252 g/mol. The Morgan fingerprint density at radius 3 is 2.75 bits per heavy atom. The summed E-state index contributed by atoms with van der Waals surface area (Å²) in [7, 11) is 1.89. The molecule has 0 N–H and O–H groups in total. The zero-order chi connectivity index (χ0) is 14.4. The number of likely N-dealkylation sites (N-methyl/N-ethyl adjacent to an activating group) is 1. The fourth-order valence-electron chi connectivity index (χ4n) is 2.69. The highest BCUT2D eigenvalue weighted by Crippen LogP contribution is 2.17. The largest absolute Gasteiger partial charge is 0.345 e. The number of likely N-dealkylation sites (tertiary alicyclic amines) is 1. The van der Waals surface area contributed by atoms with Crippen LogP contribution in [-0.2, 0) is 11.2 Å². The maximum absolute atomic E-state index is 12.2. The van der Waals surface area contributed by atoms with Crippen LogP contribution in [0, 0.1) is 5.92 Å². The van der Waals surface area contributed by atoms with E-state index in [2.05, 4.69) is 21.8 Å². The molecule has 0 saturated carbocycles. The first-order valence-corrected chi connectivity index (χ1v) is 7.40. The van der Waals surface area contributed by atoms with Gasteiger partial charge in [0.05, 0.1) is 12.1 Å². The number of aromatic nitrogens is 2. The van der Waals surface area contributed by atoms with Gasteiger partial charge in [-0.3, -0.25) is 14.8 Å². The number of carbonyl (C=O) groups is 1. The fraction of sp³-hybridized carbons (Fsp3) is 0.667. The van der Waals surface area contributed by atoms with Gasteiger partial charge in [-0.15, -0.1) is 0 Å². The van der Waals surface area contributed by atoms with Crippen molar-refractivity contribution in [2.24, 2.45) is 5.92 Å². The van der Waals surface area contributed by atoms with Crippen molar-refractivity contribution in [1.82, 2.24) is 19.8 Å². The summed E-state index contributed by atoms with van der Waals surface area (Å²) in [5.74, 6) is 0.761. The Bertz CT molecular complexity index is 415. The molecule has 1 aromatic heterocycles. The van der Waals surface area contributed by atoms with Gasteiger partial charge >= 0.3 is 0 Å². The minimum atomic E-state index is 0.128. The predicted molar refractivity (Wildman–Crippen MR) is 78.2 cm³/mol. The summed E-state index contributed by atoms with van der Waals surface area (Å²) in [6.45, 7) is 6.52. The molecule has 0 radical (unpaired) electrons. The topological polar surface area (TPSA) is 49.3 Å². The normalized spacial score (nSPS) is 17.1. The van der Waals surface area contributed by atoms with Crippen molar-refractivity contribution in [3.8, 4) is 0 Å². The summed E-state index contributed by atoms with van der Waals surface area (Å²) in [5, 5.41) is 0. The number of carbonyl (C=O) groups excluding carboxylic acids is 1. The highest BCUT2D eigenvalue weighted by Gasteiger charge is 2.21. The molecule has 5 heteroatoms. The molecule has 1 saturated heterocycles. The highest BCUT2D eigenvalue weighted by molar-refractivity contribution is 5.77. The van der Waals surface area contributed by atoms with Crippen LogP contribution in [-0.4, -0.2) is 58.9 Å². The average Bonchev–Trinajstić information content (AvgIpc) is 2.49. The molecule has 1 aromatic rings. The lowest BCUT2D eigenvalue weighted by atomic mass is 9.96. The van der Waals surface area contributed by atoms with E-state index in [9.17, 15) is 4.79 Å². The molecule has 20 heavy (non-hydrogen) atoms. The fourth-order valence-corrected chi connectivity index (χ4v) is 2.69. The molecule has 1 aliphatic heterocycles. The highest BCUT2D eigenvalue weighted by atomic mass is 16.2. The summed E-state index contributed by atoms with van der Waals surface area (Å²) < 4.78 is 0. The van der Waals surface area contributed by atoms with Gasteiger partial charge in [0.2, 0.25) is 5.91 Å². The van der Waals surface area contributed by atoms with E-state index in [1.165, 1.54) is 12.8 Å². The van der Waals surface area contributed by atoms with Gasteiger partial charge in [-0.2, -0.15) is 0 Å². The first-order valence-electron chi connectivity index (χ1n) is 7.40. The van der Waals surface area contributed by atoms with E-state index in [1.807, 2.05) is 11.9 Å². The zero-order valence-electron chi connectivity index (χ0n) is 12.5. The first-order chi connectivity index (χ1) is 9.69. The summed E-state index contributed by atoms with van der Waals surface area (Å²) in [4.78, 5) is 24.6. The number of hydrogen-bond donors (Lipinski definition) is 0. The zero-order valence-corrected chi connectivity index (χ0v) is 12.5. The molecule has 0 spiro atoms. The third kappa shape index (κ3) is 4.27. The number of rotatable bonds is 5. The van der Waals surface area contributed by atoms with Gasteiger partial charge in [-0.1, -0.05) is 6.92 Å². The summed E-state index contributed by atoms with van der Waals surface area (Å²) in [5.41, 5.74) is 0.741. The summed E-state index contributed by atoms with van der Waals surface area (Å²) in [6, 6.07) is 0. The lowest BCUT2D eigenvalue weighted by molar-refractivity contribution is -0.130. The van der Waals surface area contributed by atoms with Gasteiger partial charge in [0.1, 0.15) is 0 Å². The number of nitrogens with zero attached hydrogens (tertiary/aromatic N) is 4. The molecule has 0 aromatic carbocycles. The molecule has 0 unspecified atom stereocenters. The van der Waals surface area contributed by atoms with E-state index >= 15 is 0 Å². The molecular formula is C15H24N4O. The van der Waals surface area contributed by atoms with Crippen molar-refractivity contribution in [3.05, 3.63) is 24.3 Å². The van der Waals surface area contributed by atoms with Gasteiger partial charge in [0, 0.05) is 32.2 Å². The van der Waals surface area contributed by atoms with Gasteiger partial charge < -0.3 is 9.80 Å². The Morgan fingerprint density at radius 2 is 2.15 bits per heavy atom. The van der Waals surface area contributed by atoms with E-state index in [0.29, 0.717) is 12.3 Å². The minimum Gasteiger partial charge on any atom is -0.345 e. The maximum Gasteiger partial charge on any atom is 0.228 e. The smallest absolute Gasteiger partial charge is 0.228 e. The molecule has 0 aliphatic carbocycles. The average molecular weight is 276 g/mol. The number of amides is 1. The Morgan fingerprint density at radius 1 is 1.40 bits per heavy atom. The second-order valence-electron chi connectivity index (χ2n) is 5.53. The quantitative estimate of drug-likeness (QED) is 0.811. The van der Waals surface area contributed by atoms with Crippen molar-refractivity contribution in [2.75, 3.05) is 33.2 Å². The van der Waals surface area contributed by atoms with E-state index in [1.54, 1.807) is 18.6 Å². The molecule has 2 rings (SSSR count). The van der Waals surface area contributed by atoms with Crippen LogP contribution in [0.1, 0.15) is 25.5 Å². The van der Waals surface area contributed by atoms with Crippen molar-refractivity contribution < 1.29 is 4.79 Å². The van der Waals surface area contributed by atoms with Gasteiger partial charge in [0.25, 0.3) is 0 Å². The van der Waals surface area contributed by atoms with Gasteiger partial charge in [-0.05, 0) is 38.4 Å². The van der Waals surface area contributed by atoms with Gasteiger partial charge in [-0.25, -0.2) is 0 Å². The molecule has 1 amide bonds. The molecule has 0 bridgehead atoms. The van der Waals surface area contributed by atoms with Crippen LogP contribution in [0.25, 0.3) is 0 Å². The Balaban J connectivity index is 1.77. The maximum atomic E-state index is 12.2. The monoisotopic (exact) mass is 276 g/mol. The lowest BCUT2D eigenvalue weighted by Crippen LogP contribution is -2.39. The van der Waals surface area contributed by atoms with E-state index in [0.717, 1.165) is 31.9 Å². The number of piperidine rings is 1. The van der Waals surface area contributed by atoms with Crippen molar-refractivity contribution in [1.29, 1.82) is 0 Å². The SMILES string of the molecule is CCN1CCC(CN(C)C(=O)Cc2cnccn2)CC1. The van der Waals surface area contributed by atoms with Crippen LogP contribution >= 0.6 is 0 Å². The first kappa shape index (κ1) is 14.9. The molecule has 1 fully saturated rings. The Hall–Kier alpha value is -1.49. The van der Waals surface area contributed by atoms with Crippen molar-refractivity contribution in [3.63, 3.8) is 0 Å². The van der Waals surface area contributed by atoms with E-state index in [4.69, 9.17) is 0 Å². The van der Waals surface area contributed by atoms with Crippen LogP contribution < -0.4 is 0 Å². The van der Waals surface area contributed by atoms with Crippen LogP contribution in [0.15, 0.2) is 18.6 Å². The Labute approximate surface area is 121 Å². The van der Waals surface area contributed by atoms with E-state index in [-0.39, 0.29) is 5.91 Å². The molecule has 5 nitrogen and oxygen atoms in total. The lowest BCUT2D eigenvalue weighted by Gasteiger charge is -2.33. The predicted octanol–water partition coefficient (Wildman–Crippen LogP) is 1.21. The van der Waals surface area contributed by atoms with Crippen LogP contribution in [0.2, 0.25) is 0 Å². The van der Waals surface area contributed by atoms with E-state index < -0.39 is 0 Å². The second kappa shape index (κ2) is 7.33. The second-order valence-corrected chi connectivity index (χ2v) is 5.53. The number of hydrogen-bond acceptors (Lipinski definition) is 4. The molecule has 110 valence electrons. The third-order valence-corrected chi connectivity index (χ3v) is 4.06. The minimum absolute atomic E-state index is 0.128. The van der Waals surface area contributed by atoms with Crippen LogP contribution in [0.5, 0.6) is 0 Å². The van der Waals surface area contributed by atoms with Crippen molar-refractivity contribution >= 4 is 5.91 Å². The van der Waals surface area contributed by atoms with Crippen LogP contribution in [0.4, 0.5) is 0 Å².